The lowest BCUT2D eigenvalue weighted by atomic mass is 9.84. The smallest absolute Gasteiger partial charge is 0.336 e. The van der Waals surface area contributed by atoms with E-state index in [1.54, 1.807) is 19.1 Å². The molecule has 2 heterocycles. The van der Waals surface area contributed by atoms with Gasteiger partial charge >= 0.3 is 11.6 Å². The summed E-state index contributed by atoms with van der Waals surface area (Å²) >= 11 is 0. The Labute approximate surface area is 157 Å². The third-order valence-corrected chi connectivity index (χ3v) is 6.27. The van der Waals surface area contributed by atoms with Crippen molar-refractivity contribution in [3.05, 3.63) is 39.7 Å². The number of phenols is 1. The third kappa shape index (κ3) is 3.12. The Bertz CT molecular complexity index is 934. The average Bonchev–Trinajstić information content (AvgIpc) is 3.03. The van der Waals surface area contributed by atoms with E-state index < -0.39 is 5.63 Å². The summed E-state index contributed by atoms with van der Waals surface area (Å²) in [7, 11) is 1.43. The minimum absolute atomic E-state index is 0.101. The van der Waals surface area contributed by atoms with Crippen LogP contribution in [-0.4, -0.2) is 35.2 Å². The lowest BCUT2D eigenvalue weighted by Crippen LogP contribution is -2.42. The summed E-state index contributed by atoms with van der Waals surface area (Å²) in [6, 6.07) is 4.96. The topological polar surface area (TPSA) is 80.0 Å². The molecular formula is C21H25NO5. The number of benzene rings is 1. The molecule has 0 unspecified atom stereocenters. The van der Waals surface area contributed by atoms with E-state index >= 15 is 0 Å². The molecule has 4 rings (SSSR count). The normalized spacial score (nSPS) is 25.5. The van der Waals surface area contributed by atoms with Crippen molar-refractivity contribution in [1.29, 1.82) is 0 Å². The van der Waals surface area contributed by atoms with Crippen molar-refractivity contribution in [3.63, 3.8) is 0 Å². The monoisotopic (exact) mass is 371 g/mol. The highest BCUT2D eigenvalue weighted by molar-refractivity contribution is 5.85. The van der Waals surface area contributed by atoms with E-state index in [0.717, 1.165) is 36.6 Å². The van der Waals surface area contributed by atoms with Crippen LogP contribution in [0.25, 0.3) is 11.0 Å². The first-order valence-corrected chi connectivity index (χ1v) is 9.58. The number of rotatable bonds is 3. The van der Waals surface area contributed by atoms with Crippen LogP contribution < -0.4 is 5.63 Å². The second-order valence-corrected chi connectivity index (χ2v) is 7.74. The van der Waals surface area contributed by atoms with Crippen molar-refractivity contribution >= 4 is 16.9 Å². The molecule has 2 fully saturated rings. The molecule has 2 aliphatic rings. The number of carbonyl (C=O) groups is 1. The third-order valence-electron chi connectivity index (χ3n) is 6.27. The van der Waals surface area contributed by atoms with Gasteiger partial charge in [0.05, 0.1) is 7.11 Å². The van der Waals surface area contributed by atoms with Crippen LogP contribution in [0, 0.1) is 12.8 Å². The number of likely N-dealkylation sites (tertiary alicyclic amines) is 1. The molecule has 0 bridgehead atoms. The summed E-state index contributed by atoms with van der Waals surface area (Å²) in [5.74, 6) is 0.397. The van der Waals surface area contributed by atoms with Gasteiger partial charge in [-0.05, 0) is 49.8 Å². The highest BCUT2D eigenvalue weighted by Crippen LogP contribution is 2.41. The molecule has 1 aromatic heterocycles. The number of phenolic OH excluding ortho intramolecular Hbond substituents is 1. The van der Waals surface area contributed by atoms with E-state index in [0.29, 0.717) is 29.7 Å². The van der Waals surface area contributed by atoms with Crippen LogP contribution in [0.2, 0.25) is 0 Å². The Morgan fingerprint density at radius 1 is 1.33 bits per heavy atom. The summed E-state index contributed by atoms with van der Waals surface area (Å²) in [5.41, 5.74) is 1.34. The van der Waals surface area contributed by atoms with Crippen molar-refractivity contribution in [2.24, 2.45) is 5.92 Å². The SMILES string of the molecule is COC(=O)[C@@H]1C[C@@H]2CCCC[C@H]2N1Cc1cc(=O)oc2c(C)c(O)ccc12. The van der Waals surface area contributed by atoms with Gasteiger partial charge in [0.25, 0.3) is 0 Å². The molecule has 1 saturated heterocycles. The largest absolute Gasteiger partial charge is 0.508 e. The van der Waals surface area contributed by atoms with Gasteiger partial charge in [0.15, 0.2) is 0 Å². The fraction of sp³-hybridized carbons (Fsp3) is 0.524. The molecule has 6 heteroatoms. The summed E-state index contributed by atoms with van der Waals surface area (Å²) < 4.78 is 10.4. The summed E-state index contributed by atoms with van der Waals surface area (Å²) in [4.78, 5) is 26.8. The highest BCUT2D eigenvalue weighted by atomic mass is 16.5. The Hall–Kier alpha value is -2.34. The fourth-order valence-electron chi connectivity index (χ4n) is 4.89. The molecule has 0 amide bonds. The zero-order chi connectivity index (χ0) is 19.1. The van der Waals surface area contributed by atoms with Crippen molar-refractivity contribution in [3.8, 4) is 5.75 Å². The molecule has 0 spiro atoms. The number of nitrogens with zero attached hydrogens (tertiary/aromatic N) is 1. The molecule has 1 saturated carbocycles. The number of hydrogen-bond donors (Lipinski definition) is 1. The van der Waals surface area contributed by atoms with Gasteiger partial charge in [0, 0.05) is 29.6 Å². The van der Waals surface area contributed by atoms with E-state index in [-0.39, 0.29) is 17.8 Å². The minimum Gasteiger partial charge on any atom is -0.508 e. The zero-order valence-corrected chi connectivity index (χ0v) is 15.7. The van der Waals surface area contributed by atoms with E-state index in [1.807, 2.05) is 0 Å². The van der Waals surface area contributed by atoms with Crippen LogP contribution in [0.3, 0.4) is 0 Å². The van der Waals surface area contributed by atoms with Crippen molar-refractivity contribution in [1.82, 2.24) is 4.90 Å². The minimum atomic E-state index is -0.444. The van der Waals surface area contributed by atoms with Gasteiger partial charge in [-0.3, -0.25) is 9.69 Å². The maximum Gasteiger partial charge on any atom is 0.336 e. The number of methoxy groups -OCH3 is 1. The molecule has 3 atom stereocenters. The Kier molecular flexibility index (Phi) is 4.68. The summed E-state index contributed by atoms with van der Waals surface area (Å²) in [6.07, 6.45) is 5.39. The summed E-state index contributed by atoms with van der Waals surface area (Å²) in [5, 5.41) is 10.7. The number of aryl methyl sites for hydroxylation is 1. The van der Waals surface area contributed by atoms with E-state index in [9.17, 15) is 14.7 Å². The number of fused-ring (bicyclic) bond motifs is 2. The zero-order valence-electron chi connectivity index (χ0n) is 15.7. The van der Waals surface area contributed by atoms with E-state index in [1.165, 1.54) is 19.6 Å². The van der Waals surface area contributed by atoms with Crippen LogP contribution >= 0.6 is 0 Å². The van der Waals surface area contributed by atoms with Crippen molar-refractivity contribution in [2.45, 2.75) is 57.7 Å². The first kappa shape index (κ1) is 18.0. The molecular weight excluding hydrogens is 346 g/mol. The first-order valence-electron chi connectivity index (χ1n) is 9.58. The second-order valence-electron chi connectivity index (χ2n) is 7.74. The number of aromatic hydroxyl groups is 1. The van der Waals surface area contributed by atoms with Gasteiger partial charge in [0.2, 0.25) is 0 Å². The number of carbonyl (C=O) groups excluding carboxylic acids is 1. The van der Waals surface area contributed by atoms with Crippen LogP contribution in [0.15, 0.2) is 27.4 Å². The second kappa shape index (κ2) is 7.00. The molecule has 1 aliphatic heterocycles. The van der Waals surface area contributed by atoms with Gasteiger partial charge in [-0.1, -0.05) is 12.8 Å². The standard InChI is InChI=1S/C21H25NO5/c1-12-18(23)8-7-15-14(10-19(24)27-20(12)15)11-22-16-6-4-3-5-13(16)9-17(22)21(25)26-2/h7-8,10,13,16-17,23H,3-6,9,11H2,1-2H3/t13-,16+,17-/m0/s1. The van der Waals surface area contributed by atoms with Gasteiger partial charge in [-0.25, -0.2) is 4.79 Å². The Morgan fingerprint density at radius 3 is 2.89 bits per heavy atom. The summed E-state index contributed by atoms with van der Waals surface area (Å²) in [6.45, 7) is 2.22. The van der Waals surface area contributed by atoms with Gasteiger partial charge in [0.1, 0.15) is 17.4 Å². The number of esters is 1. The van der Waals surface area contributed by atoms with Crippen LogP contribution in [0.1, 0.15) is 43.2 Å². The molecule has 1 aliphatic carbocycles. The maximum absolute atomic E-state index is 12.4. The van der Waals surface area contributed by atoms with E-state index in [2.05, 4.69) is 4.90 Å². The molecule has 6 nitrogen and oxygen atoms in total. The number of hydrogen-bond acceptors (Lipinski definition) is 6. The van der Waals surface area contributed by atoms with Crippen molar-refractivity contribution < 1.29 is 19.1 Å². The molecule has 144 valence electrons. The van der Waals surface area contributed by atoms with Gasteiger partial charge in [-0.15, -0.1) is 0 Å². The predicted molar refractivity (Wildman–Crippen MR) is 101 cm³/mol. The maximum atomic E-state index is 12.4. The molecule has 2 aromatic rings. The molecule has 1 aromatic carbocycles. The molecule has 27 heavy (non-hydrogen) atoms. The van der Waals surface area contributed by atoms with Gasteiger partial charge in [-0.2, -0.15) is 0 Å². The average molecular weight is 371 g/mol. The first-order chi connectivity index (χ1) is 13.0. The van der Waals surface area contributed by atoms with Crippen LogP contribution in [-0.2, 0) is 16.1 Å². The Morgan fingerprint density at radius 2 is 2.11 bits per heavy atom. The lowest BCUT2D eigenvalue weighted by molar-refractivity contribution is -0.146. The van der Waals surface area contributed by atoms with Gasteiger partial charge < -0.3 is 14.3 Å². The van der Waals surface area contributed by atoms with E-state index in [4.69, 9.17) is 9.15 Å². The number of ether oxygens (including phenoxy) is 1. The Balaban J connectivity index is 1.76. The molecule has 0 radical (unpaired) electrons. The van der Waals surface area contributed by atoms with Crippen LogP contribution in [0.5, 0.6) is 5.75 Å². The van der Waals surface area contributed by atoms with Crippen molar-refractivity contribution in [2.75, 3.05) is 7.11 Å². The predicted octanol–water partition coefficient (Wildman–Crippen LogP) is 3.11. The van der Waals surface area contributed by atoms with Crippen LogP contribution in [0.4, 0.5) is 0 Å². The fourth-order valence-corrected chi connectivity index (χ4v) is 4.89. The molecule has 1 N–H and O–H groups in total. The highest BCUT2D eigenvalue weighted by Gasteiger charge is 2.45. The lowest BCUT2D eigenvalue weighted by Gasteiger charge is -2.33. The quantitative estimate of drug-likeness (QED) is 0.660.